The topological polar surface area (TPSA) is 52.4 Å². The molecule has 1 N–H and O–H groups in total. The molecule has 6 heteroatoms. The van der Waals surface area contributed by atoms with Crippen LogP contribution in [0, 0.1) is 0 Å². The number of amides is 1. The highest BCUT2D eigenvalue weighted by Gasteiger charge is 2.25. The monoisotopic (exact) mass is 293 g/mol. The van der Waals surface area contributed by atoms with E-state index in [-0.39, 0.29) is 6.09 Å². The Balaban J connectivity index is 1.52. The maximum Gasteiger partial charge on any atom is 0.410 e. The molecule has 2 aliphatic heterocycles. The highest BCUT2D eigenvalue weighted by molar-refractivity contribution is 5.67. The lowest BCUT2D eigenvalue weighted by Gasteiger charge is -2.31. The Morgan fingerprint density at radius 1 is 1.29 bits per heavy atom. The number of quaternary nitrogens is 1. The maximum absolute atomic E-state index is 11.7. The van der Waals surface area contributed by atoms with Crippen molar-refractivity contribution >= 4 is 6.09 Å². The van der Waals surface area contributed by atoms with Gasteiger partial charge in [-0.25, -0.2) is 4.79 Å². The van der Waals surface area contributed by atoms with E-state index in [4.69, 9.17) is 14.2 Å². The molecule has 1 aromatic carbocycles. The van der Waals surface area contributed by atoms with E-state index in [2.05, 4.69) is 6.07 Å². The number of benzene rings is 1. The second-order valence-electron chi connectivity index (χ2n) is 5.30. The summed E-state index contributed by atoms with van der Waals surface area (Å²) in [5, 5.41) is 0. The molecule has 0 saturated carbocycles. The van der Waals surface area contributed by atoms with Gasteiger partial charge >= 0.3 is 6.09 Å². The Morgan fingerprint density at radius 3 is 2.81 bits per heavy atom. The predicted octanol–water partition coefficient (Wildman–Crippen LogP) is 0.272. The van der Waals surface area contributed by atoms with Gasteiger partial charge in [0, 0.05) is 5.56 Å². The van der Waals surface area contributed by atoms with Gasteiger partial charge in [-0.05, 0) is 25.1 Å². The lowest BCUT2D eigenvalue weighted by atomic mass is 10.1. The third kappa shape index (κ3) is 3.21. The van der Waals surface area contributed by atoms with Crippen molar-refractivity contribution in [1.29, 1.82) is 0 Å². The van der Waals surface area contributed by atoms with Gasteiger partial charge in [0.15, 0.2) is 11.5 Å². The number of hydrogen-bond donors (Lipinski definition) is 1. The van der Waals surface area contributed by atoms with Crippen LogP contribution in [0.15, 0.2) is 18.2 Å². The number of piperazine rings is 1. The number of ether oxygens (including phenoxy) is 3. The summed E-state index contributed by atoms with van der Waals surface area (Å²) in [4.78, 5) is 14.9. The van der Waals surface area contributed by atoms with Crippen molar-refractivity contribution in [3.8, 4) is 11.5 Å². The van der Waals surface area contributed by atoms with Gasteiger partial charge in [0.25, 0.3) is 0 Å². The van der Waals surface area contributed by atoms with Crippen LogP contribution >= 0.6 is 0 Å². The van der Waals surface area contributed by atoms with Crippen molar-refractivity contribution in [2.45, 2.75) is 13.5 Å². The number of rotatable bonds is 3. The van der Waals surface area contributed by atoms with Crippen LogP contribution in [0.2, 0.25) is 0 Å². The lowest BCUT2D eigenvalue weighted by molar-refractivity contribution is -0.917. The molecule has 0 atom stereocenters. The van der Waals surface area contributed by atoms with Gasteiger partial charge in [0.2, 0.25) is 6.79 Å². The van der Waals surface area contributed by atoms with Gasteiger partial charge in [-0.1, -0.05) is 0 Å². The van der Waals surface area contributed by atoms with Gasteiger partial charge in [-0.2, -0.15) is 0 Å². The first-order chi connectivity index (χ1) is 10.3. The first-order valence-corrected chi connectivity index (χ1v) is 7.40. The summed E-state index contributed by atoms with van der Waals surface area (Å²) in [7, 11) is 0. The number of fused-ring (bicyclic) bond motifs is 1. The van der Waals surface area contributed by atoms with Crippen molar-refractivity contribution in [1.82, 2.24) is 4.90 Å². The van der Waals surface area contributed by atoms with Crippen LogP contribution in [0.5, 0.6) is 11.5 Å². The van der Waals surface area contributed by atoms with Crippen LogP contribution < -0.4 is 14.4 Å². The molecule has 0 aliphatic carbocycles. The summed E-state index contributed by atoms with van der Waals surface area (Å²) < 4.78 is 15.8. The summed E-state index contributed by atoms with van der Waals surface area (Å²) in [5.41, 5.74) is 1.24. The summed E-state index contributed by atoms with van der Waals surface area (Å²) in [5.74, 6) is 1.65. The fraction of sp³-hybridized carbons (Fsp3) is 0.533. The van der Waals surface area contributed by atoms with Gasteiger partial charge in [-0.3, -0.25) is 4.90 Å². The zero-order valence-electron chi connectivity index (χ0n) is 12.3. The average molecular weight is 293 g/mol. The molecule has 114 valence electrons. The van der Waals surface area contributed by atoms with Crippen molar-refractivity contribution < 1.29 is 23.9 Å². The van der Waals surface area contributed by atoms with E-state index in [1.54, 1.807) is 4.90 Å². The molecule has 1 aromatic rings. The van der Waals surface area contributed by atoms with E-state index in [9.17, 15) is 4.79 Å². The van der Waals surface area contributed by atoms with E-state index < -0.39 is 0 Å². The van der Waals surface area contributed by atoms with Gasteiger partial charge in [0.05, 0.1) is 32.8 Å². The molecule has 0 unspecified atom stereocenters. The minimum atomic E-state index is -0.195. The SMILES string of the molecule is CCOC(=O)N1CC[NH+](Cc2ccc3c(c2)OCO3)CC1. The maximum atomic E-state index is 11.7. The lowest BCUT2D eigenvalue weighted by Crippen LogP contribution is -3.13. The van der Waals surface area contributed by atoms with E-state index in [1.165, 1.54) is 10.5 Å². The fourth-order valence-electron chi connectivity index (χ4n) is 2.74. The molecule has 2 heterocycles. The average Bonchev–Trinajstić information content (AvgIpc) is 2.96. The fourth-order valence-corrected chi connectivity index (χ4v) is 2.74. The summed E-state index contributed by atoms with van der Waals surface area (Å²) >= 11 is 0. The van der Waals surface area contributed by atoms with Crippen LogP contribution in [-0.2, 0) is 11.3 Å². The normalized spacial score (nSPS) is 17.9. The minimum absolute atomic E-state index is 0.195. The van der Waals surface area contributed by atoms with Crippen LogP contribution in [0.3, 0.4) is 0 Å². The zero-order valence-corrected chi connectivity index (χ0v) is 12.3. The second kappa shape index (κ2) is 6.22. The molecule has 0 spiro atoms. The molecule has 1 fully saturated rings. The van der Waals surface area contributed by atoms with Crippen LogP contribution in [0.4, 0.5) is 4.79 Å². The Morgan fingerprint density at radius 2 is 2.05 bits per heavy atom. The smallest absolute Gasteiger partial charge is 0.410 e. The molecule has 1 amide bonds. The number of hydrogen-bond acceptors (Lipinski definition) is 4. The van der Waals surface area contributed by atoms with Gasteiger partial charge in [-0.15, -0.1) is 0 Å². The van der Waals surface area contributed by atoms with Crippen molar-refractivity contribution in [3.63, 3.8) is 0 Å². The molecule has 0 radical (unpaired) electrons. The number of carbonyl (C=O) groups excluding carboxylic acids is 1. The summed E-state index contributed by atoms with van der Waals surface area (Å²) in [6, 6.07) is 6.09. The Hall–Kier alpha value is -1.95. The number of nitrogens with one attached hydrogen (secondary N) is 1. The number of carbonyl (C=O) groups is 1. The first kappa shape index (κ1) is 14.0. The number of nitrogens with zero attached hydrogens (tertiary/aromatic N) is 1. The van der Waals surface area contributed by atoms with Gasteiger partial charge in [0.1, 0.15) is 6.54 Å². The van der Waals surface area contributed by atoms with Crippen LogP contribution in [0.25, 0.3) is 0 Å². The van der Waals surface area contributed by atoms with Crippen molar-refractivity contribution in [2.75, 3.05) is 39.6 Å². The Bertz CT molecular complexity index is 512. The molecular weight excluding hydrogens is 272 g/mol. The van der Waals surface area contributed by atoms with Crippen LogP contribution in [0.1, 0.15) is 12.5 Å². The Kier molecular flexibility index (Phi) is 4.15. The first-order valence-electron chi connectivity index (χ1n) is 7.40. The molecule has 0 bridgehead atoms. The molecule has 3 rings (SSSR count). The highest BCUT2D eigenvalue weighted by atomic mass is 16.7. The molecule has 2 aliphatic rings. The Labute approximate surface area is 124 Å². The third-order valence-electron chi connectivity index (χ3n) is 3.89. The van der Waals surface area contributed by atoms with Crippen molar-refractivity contribution in [2.24, 2.45) is 0 Å². The van der Waals surface area contributed by atoms with Crippen molar-refractivity contribution in [3.05, 3.63) is 23.8 Å². The van der Waals surface area contributed by atoms with Gasteiger partial charge < -0.3 is 19.1 Å². The quantitative estimate of drug-likeness (QED) is 0.869. The highest BCUT2D eigenvalue weighted by Crippen LogP contribution is 2.32. The predicted molar refractivity (Wildman–Crippen MR) is 75.6 cm³/mol. The second-order valence-corrected chi connectivity index (χ2v) is 5.30. The molecule has 6 nitrogen and oxygen atoms in total. The molecule has 21 heavy (non-hydrogen) atoms. The molecule has 0 aromatic heterocycles. The molecular formula is C15H21N2O4+. The summed E-state index contributed by atoms with van der Waals surface area (Å²) in [6.07, 6.45) is -0.195. The van der Waals surface area contributed by atoms with E-state index in [0.717, 1.165) is 44.2 Å². The summed E-state index contributed by atoms with van der Waals surface area (Å²) in [6.45, 7) is 6.89. The third-order valence-corrected chi connectivity index (χ3v) is 3.89. The van der Waals surface area contributed by atoms with E-state index in [0.29, 0.717) is 13.4 Å². The van der Waals surface area contributed by atoms with E-state index >= 15 is 0 Å². The van der Waals surface area contributed by atoms with Crippen LogP contribution in [-0.4, -0.2) is 50.6 Å². The van der Waals surface area contributed by atoms with E-state index in [1.807, 2.05) is 19.1 Å². The molecule has 1 saturated heterocycles. The minimum Gasteiger partial charge on any atom is -0.454 e. The standard InChI is InChI=1S/C15H20N2O4/c1-2-19-15(18)17-7-5-16(6-8-17)10-12-3-4-13-14(9-12)21-11-20-13/h3-4,9H,2,5-8,10-11H2,1H3/p+1. The zero-order chi connectivity index (χ0) is 14.7. The largest absolute Gasteiger partial charge is 0.454 e.